The summed E-state index contributed by atoms with van der Waals surface area (Å²) < 4.78 is 15.0. The van der Waals surface area contributed by atoms with Crippen LogP contribution < -0.4 is 14.3 Å². The molecule has 0 fully saturated rings. The smallest absolute Gasteiger partial charge is 0.304 e. The van der Waals surface area contributed by atoms with E-state index >= 15 is 0 Å². The van der Waals surface area contributed by atoms with Crippen molar-refractivity contribution in [1.29, 1.82) is 0 Å². The topological polar surface area (TPSA) is 25.8 Å². The van der Waals surface area contributed by atoms with Crippen molar-refractivity contribution in [2.45, 2.75) is 90.4 Å². The SMILES string of the molecule is C=C1CC2C(CCc3ccc4c(oc5ccccc54)c3-c3n(-c4c(-c5ccccc5)ccc5ccccc45)c4ccccc4[n+]31)c1cc(C(C)C)ccc1-c1cc(C(C)C)c([Si](C)(C)C)c[n+]12. The molecule has 7 aromatic carbocycles. The third-order valence-corrected chi connectivity index (χ3v) is 17.2. The van der Waals surface area contributed by atoms with Gasteiger partial charge in [-0.3, -0.25) is 0 Å². The number of para-hydroxylation sites is 3. The zero-order valence-corrected chi connectivity index (χ0v) is 40.9. The fourth-order valence-corrected chi connectivity index (χ4v) is 13.6. The number of hydrogen-bond acceptors (Lipinski definition) is 1. The molecule has 0 saturated carbocycles. The van der Waals surface area contributed by atoms with Crippen LogP contribution in [0.5, 0.6) is 0 Å². The molecule has 0 aliphatic carbocycles. The zero-order valence-electron chi connectivity index (χ0n) is 39.9. The van der Waals surface area contributed by atoms with Crippen LogP contribution in [0.2, 0.25) is 19.6 Å². The van der Waals surface area contributed by atoms with Gasteiger partial charge in [0.1, 0.15) is 22.5 Å². The van der Waals surface area contributed by atoms with Crippen LogP contribution in [0.25, 0.3) is 88.9 Å². The molecule has 0 saturated heterocycles. The average Bonchev–Trinajstić information content (AvgIpc) is 3.88. The van der Waals surface area contributed by atoms with Gasteiger partial charge in [0, 0.05) is 44.5 Å². The van der Waals surface area contributed by atoms with E-state index in [0.29, 0.717) is 11.8 Å². The predicted molar refractivity (Wildman–Crippen MR) is 282 cm³/mol. The first kappa shape index (κ1) is 41.6. The standard InChI is InChI=1S/C62H59N3OSi/c1-38(2)44-29-32-48-52(35-44)47-31-27-43-28-33-50-49-22-14-17-25-57(49)66-61(50)59(43)62-64(40(5)34-55(47)63-37-58(67(6,7)8)51(39(3)4)36-56(48)63)53-23-15-16-24-54(53)65(62)60-45-21-13-12-20-42(45)26-30-46(60)41-18-10-9-11-19-41/h9-26,28-30,32-33,35-39,47,55H,5,27,31,34H2,1-4,6-8H3/q+2. The Morgan fingerprint density at radius 2 is 1.43 bits per heavy atom. The van der Waals surface area contributed by atoms with Gasteiger partial charge in [-0.25, -0.2) is 0 Å². The highest BCUT2D eigenvalue weighted by Gasteiger charge is 2.45. The number of aromatic nitrogens is 3. The number of benzene rings is 7. The number of hydrogen-bond donors (Lipinski definition) is 0. The predicted octanol–water partition coefficient (Wildman–Crippen LogP) is 15.2. The molecule has 0 spiro atoms. The molecule has 2 atom stereocenters. The Hall–Kier alpha value is -6.82. The first-order chi connectivity index (χ1) is 32.5. The Kier molecular flexibility index (Phi) is 9.71. The molecule has 10 aromatic rings. The molecule has 12 rings (SSSR count). The zero-order chi connectivity index (χ0) is 45.9. The van der Waals surface area contributed by atoms with E-state index in [2.05, 4.69) is 219 Å². The minimum atomic E-state index is -1.76. The fraction of sp³-hybridized carbons (Fsp3) is 0.226. The van der Waals surface area contributed by atoms with Gasteiger partial charge in [0.2, 0.25) is 5.69 Å². The second kappa shape index (κ2) is 15.6. The normalized spacial score (nSPS) is 16.1. The van der Waals surface area contributed by atoms with E-state index in [1.807, 2.05) is 0 Å². The molecule has 2 aliphatic heterocycles. The summed E-state index contributed by atoms with van der Waals surface area (Å²) in [5.74, 6) is 2.18. The molecule has 330 valence electrons. The number of imidazole rings is 1. The minimum Gasteiger partial charge on any atom is -0.455 e. The van der Waals surface area contributed by atoms with Crippen molar-refractivity contribution in [3.8, 4) is 39.5 Å². The van der Waals surface area contributed by atoms with Gasteiger partial charge < -0.3 is 4.42 Å². The van der Waals surface area contributed by atoms with Crippen LogP contribution >= 0.6 is 0 Å². The van der Waals surface area contributed by atoms with Gasteiger partial charge in [0.25, 0.3) is 0 Å². The molecule has 2 aliphatic rings. The summed E-state index contributed by atoms with van der Waals surface area (Å²) >= 11 is 0. The average molecular weight is 890 g/mol. The molecule has 0 bridgehead atoms. The summed E-state index contributed by atoms with van der Waals surface area (Å²) in [5.41, 5.74) is 18.2. The molecule has 67 heavy (non-hydrogen) atoms. The first-order valence-corrected chi connectivity index (χ1v) is 27.9. The molecule has 5 heterocycles. The first-order valence-electron chi connectivity index (χ1n) is 24.4. The summed E-state index contributed by atoms with van der Waals surface area (Å²) in [6.45, 7) is 22.2. The van der Waals surface area contributed by atoms with Gasteiger partial charge in [-0.1, -0.05) is 169 Å². The third-order valence-electron chi connectivity index (χ3n) is 15.2. The number of furan rings is 1. The van der Waals surface area contributed by atoms with Crippen molar-refractivity contribution in [2.24, 2.45) is 0 Å². The molecular formula is C62H59N3OSi+2. The van der Waals surface area contributed by atoms with Gasteiger partial charge in [-0.05, 0) is 88.2 Å². The third kappa shape index (κ3) is 6.53. The summed E-state index contributed by atoms with van der Waals surface area (Å²) in [4.78, 5) is 0. The Labute approximate surface area is 395 Å². The number of fused-ring (bicyclic) bond motifs is 16. The van der Waals surface area contributed by atoms with E-state index in [9.17, 15) is 0 Å². The fourth-order valence-electron chi connectivity index (χ4n) is 11.9. The van der Waals surface area contributed by atoms with Crippen molar-refractivity contribution in [3.05, 3.63) is 187 Å². The molecule has 2 unspecified atom stereocenters. The number of pyridine rings is 1. The molecule has 4 nitrogen and oxygen atoms in total. The maximum atomic E-state index is 7.17. The highest BCUT2D eigenvalue weighted by atomic mass is 28.3. The van der Waals surface area contributed by atoms with Crippen LogP contribution in [0.15, 0.2) is 169 Å². The lowest BCUT2D eigenvalue weighted by atomic mass is 9.76. The number of allylic oxidation sites excluding steroid dienone is 1. The van der Waals surface area contributed by atoms with Crippen LogP contribution in [0.1, 0.15) is 86.6 Å². The van der Waals surface area contributed by atoms with Crippen LogP contribution in [0.3, 0.4) is 0 Å². The second-order valence-corrected chi connectivity index (χ2v) is 26.0. The summed E-state index contributed by atoms with van der Waals surface area (Å²) in [7, 11) is -1.76. The maximum Gasteiger partial charge on any atom is 0.304 e. The molecule has 3 aromatic heterocycles. The van der Waals surface area contributed by atoms with Crippen LogP contribution in [-0.4, -0.2) is 12.6 Å². The van der Waals surface area contributed by atoms with E-state index in [1.165, 1.54) is 55.4 Å². The van der Waals surface area contributed by atoms with Gasteiger partial charge >= 0.3 is 5.82 Å². The Morgan fingerprint density at radius 3 is 2.22 bits per heavy atom. The largest absolute Gasteiger partial charge is 0.455 e. The van der Waals surface area contributed by atoms with Crippen molar-refractivity contribution >= 4 is 62.7 Å². The minimum absolute atomic E-state index is 0.144. The Balaban J connectivity index is 1.21. The number of rotatable bonds is 5. The highest BCUT2D eigenvalue weighted by Crippen LogP contribution is 2.49. The van der Waals surface area contributed by atoms with Gasteiger partial charge in [-0.15, -0.1) is 0 Å². The maximum absolute atomic E-state index is 7.17. The monoisotopic (exact) mass is 889 g/mol. The Bertz CT molecular complexity index is 3640. The van der Waals surface area contributed by atoms with Gasteiger partial charge in [-0.2, -0.15) is 13.7 Å². The second-order valence-electron chi connectivity index (χ2n) is 20.9. The Morgan fingerprint density at radius 1 is 0.701 bits per heavy atom. The van der Waals surface area contributed by atoms with Crippen LogP contribution in [-0.2, 0) is 6.42 Å². The van der Waals surface area contributed by atoms with E-state index in [-0.39, 0.29) is 12.0 Å². The lowest BCUT2D eigenvalue weighted by molar-refractivity contribution is -0.719. The van der Waals surface area contributed by atoms with E-state index < -0.39 is 8.07 Å². The van der Waals surface area contributed by atoms with Crippen LogP contribution in [0.4, 0.5) is 0 Å². The molecule has 5 heteroatoms. The van der Waals surface area contributed by atoms with Crippen molar-refractivity contribution in [2.75, 3.05) is 0 Å². The molecule has 0 N–H and O–H groups in total. The van der Waals surface area contributed by atoms with Crippen LogP contribution in [0, 0.1) is 0 Å². The van der Waals surface area contributed by atoms with E-state index in [1.54, 1.807) is 5.19 Å². The van der Waals surface area contributed by atoms with Crippen molar-refractivity contribution in [1.82, 2.24) is 4.57 Å². The quantitative estimate of drug-likeness (QED) is 0.125. The molecule has 0 radical (unpaired) electrons. The van der Waals surface area contributed by atoms with Gasteiger partial charge in [0.15, 0.2) is 28.9 Å². The van der Waals surface area contributed by atoms with Crippen molar-refractivity contribution < 1.29 is 13.6 Å². The lowest BCUT2D eigenvalue weighted by Crippen LogP contribution is -2.54. The lowest BCUT2D eigenvalue weighted by Gasteiger charge is -2.34. The van der Waals surface area contributed by atoms with E-state index in [0.717, 1.165) is 75.0 Å². The summed E-state index contributed by atoms with van der Waals surface area (Å²) in [6.07, 6.45) is 5.24. The molecular weight excluding hydrogens is 831 g/mol. The number of nitrogens with zero attached hydrogens (tertiary/aromatic N) is 3. The number of aryl methyl sites for hydroxylation is 1. The van der Waals surface area contributed by atoms with E-state index in [4.69, 9.17) is 11.0 Å². The van der Waals surface area contributed by atoms with Crippen molar-refractivity contribution in [3.63, 3.8) is 0 Å². The summed E-state index contributed by atoms with van der Waals surface area (Å²) in [5, 5.41) is 6.22. The highest BCUT2D eigenvalue weighted by molar-refractivity contribution is 6.89. The van der Waals surface area contributed by atoms with Gasteiger partial charge in [0.05, 0.1) is 14.5 Å². The summed E-state index contributed by atoms with van der Waals surface area (Å²) in [6, 6.07) is 56.8. The molecule has 0 amide bonds.